The van der Waals surface area contributed by atoms with E-state index in [1.807, 2.05) is 0 Å². The summed E-state index contributed by atoms with van der Waals surface area (Å²) in [5.41, 5.74) is 1.29. The van der Waals surface area contributed by atoms with Crippen molar-refractivity contribution in [1.82, 2.24) is 4.90 Å². The van der Waals surface area contributed by atoms with Gasteiger partial charge < -0.3 is 9.47 Å². The van der Waals surface area contributed by atoms with Crippen molar-refractivity contribution in [3.8, 4) is 11.5 Å². The Kier molecular flexibility index (Phi) is 5.99. The van der Waals surface area contributed by atoms with Crippen molar-refractivity contribution in [3.63, 3.8) is 0 Å². The molecule has 8 heteroatoms. The second-order valence-electron chi connectivity index (χ2n) is 5.61. The molecule has 5 nitrogen and oxygen atoms in total. The number of hydrogen-bond acceptors (Lipinski definition) is 5. The Morgan fingerprint density at radius 2 is 1.85 bits per heavy atom. The first kappa shape index (κ1) is 19.6. The number of halogens is 2. The molecule has 0 bridgehead atoms. The second kappa shape index (κ2) is 8.25. The molecule has 1 fully saturated rings. The van der Waals surface area contributed by atoms with Crippen LogP contribution in [0.2, 0.25) is 10.0 Å². The van der Waals surface area contributed by atoms with Gasteiger partial charge in [-0.05, 0) is 53.7 Å². The Balaban J connectivity index is 1.89. The number of benzene rings is 2. The lowest BCUT2D eigenvalue weighted by Crippen LogP contribution is -2.27. The predicted molar refractivity (Wildman–Crippen MR) is 108 cm³/mol. The van der Waals surface area contributed by atoms with Gasteiger partial charge in [0.05, 0.1) is 25.7 Å². The molecule has 0 saturated carbocycles. The molecule has 0 atom stereocenters. The van der Waals surface area contributed by atoms with E-state index in [2.05, 4.69) is 0 Å². The number of imide groups is 1. The molecule has 0 radical (unpaired) electrons. The summed E-state index contributed by atoms with van der Waals surface area (Å²) < 4.78 is 10.5. The fourth-order valence-corrected chi connectivity index (χ4v) is 3.85. The van der Waals surface area contributed by atoms with Crippen molar-refractivity contribution in [2.24, 2.45) is 0 Å². The fraction of sp³-hybridized carbons (Fsp3) is 0.158. The van der Waals surface area contributed by atoms with Gasteiger partial charge in [-0.1, -0.05) is 29.3 Å². The third-order valence-corrected chi connectivity index (χ3v) is 5.43. The Hall–Kier alpha value is -2.15. The molecule has 1 aliphatic rings. The number of amides is 2. The molecule has 1 saturated heterocycles. The monoisotopic (exact) mass is 423 g/mol. The van der Waals surface area contributed by atoms with Crippen LogP contribution in [-0.4, -0.2) is 30.3 Å². The maximum Gasteiger partial charge on any atom is 0.293 e. The zero-order valence-corrected chi connectivity index (χ0v) is 16.8. The summed E-state index contributed by atoms with van der Waals surface area (Å²) in [7, 11) is 3.09. The zero-order valence-electron chi connectivity index (χ0n) is 14.5. The number of rotatable bonds is 5. The third kappa shape index (κ3) is 4.24. The summed E-state index contributed by atoms with van der Waals surface area (Å²) >= 11 is 12.9. The van der Waals surface area contributed by atoms with E-state index in [1.54, 1.807) is 49.6 Å². The highest BCUT2D eigenvalue weighted by molar-refractivity contribution is 8.18. The summed E-state index contributed by atoms with van der Waals surface area (Å²) in [6.45, 7) is 0.0766. The van der Waals surface area contributed by atoms with E-state index >= 15 is 0 Å². The van der Waals surface area contributed by atoms with Gasteiger partial charge in [-0.2, -0.15) is 0 Å². The van der Waals surface area contributed by atoms with Crippen LogP contribution in [0.5, 0.6) is 11.5 Å². The first-order chi connectivity index (χ1) is 12.9. The van der Waals surface area contributed by atoms with Crippen molar-refractivity contribution < 1.29 is 19.1 Å². The standard InChI is InChI=1S/C19H15Cl2NO4S/c1-25-14-5-6-16(26-2)12(7-14)8-17-18(23)22(19(24)27-17)10-11-3-4-13(20)9-15(11)21/h3-9H,10H2,1-2H3/b17-8-. The van der Waals surface area contributed by atoms with E-state index in [0.29, 0.717) is 37.6 Å². The van der Waals surface area contributed by atoms with Crippen LogP contribution < -0.4 is 9.47 Å². The van der Waals surface area contributed by atoms with Crippen molar-refractivity contribution in [3.05, 3.63) is 62.5 Å². The van der Waals surface area contributed by atoms with Gasteiger partial charge in [-0.25, -0.2) is 0 Å². The van der Waals surface area contributed by atoms with Crippen LogP contribution >= 0.6 is 35.0 Å². The van der Waals surface area contributed by atoms with Gasteiger partial charge in [0, 0.05) is 15.6 Å². The number of ether oxygens (including phenoxy) is 2. The smallest absolute Gasteiger partial charge is 0.293 e. The molecular weight excluding hydrogens is 409 g/mol. The molecule has 0 spiro atoms. The van der Waals surface area contributed by atoms with Gasteiger partial charge in [0.15, 0.2) is 0 Å². The highest BCUT2D eigenvalue weighted by Gasteiger charge is 2.35. The Labute approximate surface area is 170 Å². The molecule has 2 amide bonds. The summed E-state index contributed by atoms with van der Waals surface area (Å²) in [4.78, 5) is 26.5. The van der Waals surface area contributed by atoms with Crippen molar-refractivity contribution in [2.75, 3.05) is 14.2 Å². The maximum atomic E-state index is 12.7. The predicted octanol–water partition coefficient (Wildman–Crippen LogP) is 5.25. The van der Waals surface area contributed by atoms with E-state index in [1.165, 1.54) is 7.11 Å². The van der Waals surface area contributed by atoms with E-state index < -0.39 is 0 Å². The lowest BCUT2D eigenvalue weighted by Gasteiger charge is -2.13. The van der Waals surface area contributed by atoms with Crippen LogP contribution in [0.15, 0.2) is 41.3 Å². The lowest BCUT2D eigenvalue weighted by atomic mass is 10.1. The summed E-state index contributed by atoms with van der Waals surface area (Å²) in [5.74, 6) is 0.804. The van der Waals surface area contributed by atoms with Gasteiger partial charge >= 0.3 is 0 Å². The summed E-state index contributed by atoms with van der Waals surface area (Å²) in [5, 5.41) is 0.530. The molecular formula is C19H15Cl2NO4S. The average Bonchev–Trinajstić information content (AvgIpc) is 2.91. The van der Waals surface area contributed by atoms with Crippen LogP contribution in [0.25, 0.3) is 6.08 Å². The average molecular weight is 424 g/mol. The lowest BCUT2D eigenvalue weighted by molar-refractivity contribution is -0.123. The second-order valence-corrected chi connectivity index (χ2v) is 7.45. The summed E-state index contributed by atoms with van der Waals surface area (Å²) in [6.07, 6.45) is 1.62. The Morgan fingerprint density at radius 1 is 1.07 bits per heavy atom. The number of hydrogen-bond donors (Lipinski definition) is 0. The number of thioether (sulfide) groups is 1. The minimum absolute atomic E-state index is 0.0766. The Morgan fingerprint density at radius 3 is 2.52 bits per heavy atom. The molecule has 0 N–H and O–H groups in total. The van der Waals surface area contributed by atoms with Gasteiger partial charge in [-0.15, -0.1) is 0 Å². The van der Waals surface area contributed by atoms with Crippen LogP contribution in [0.3, 0.4) is 0 Å². The van der Waals surface area contributed by atoms with Crippen LogP contribution in [-0.2, 0) is 11.3 Å². The van der Waals surface area contributed by atoms with Crippen molar-refractivity contribution >= 4 is 52.2 Å². The highest BCUT2D eigenvalue weighted by Crippen LogP contribution is 2.36. The molecule has 27 heavy (non-hydrogen) atoms. The highest BCUT2D eigenvalue weighted by atomic mass is 35.5. The molecule has 0 aliphatic carbocycles. The fourth-order valence-electron chi connectivity index (χ4n) is 2.55. The topological polar surface area (TPSA) is 55.8 Å². The molecule has 1 aliphatic heterocycles. The first-order valence-electron chi connectivity index (χ1n) is 7.84. The first-order valence-corrected chi connectivity index (χ1v) is 9.41. The van der Waals surface area contributed by atoms with Crippen LogP contribution in [0, 0.1) is 0 Å². The van der Waals surface area contributed by atoms with E-state index in [4.69, 9.17) is 32.7 Å². The number of nitrogens with zero attached hydrogens (tertiary/aromatic N) is 1. The minimum atomic E-state index is -0.388. The number of methoxy groups -OCH3 is 2. The van der Waals surface area contributed by atoms with E-state index in [0.717, 1.165) is 16.7 Å². The molecule has 2 aromatic carbocycles. The largest absolute Gasteiger partial charge is 0.497 e. The van der Waals surface area contributed by atoms with Crippen molar-refractivity contribution in [2.45, 2.75) is 6.54 Å². The minimum Gasteiger partial charge on any atom is -0.497 e. The number of carbonyl (C=O) groups is 2. The quantitative estimate of drug-likeness (QED) is 0.614. The molecule has 3 rings (SSSR count). The van der Waals surface area contributed by atoms with Gasteiger partial charge in [0.1, 0.15) is 11.5 Å². The third-order valence-electron chi connectivity index (χ3n) is 3.94. The van der Waals surface area contributed by atoms with Crippen LogP contribution in [0.1, 0.15) is 11.1 Å². The van der Waals surface area contributed by atoms with E-state index in [-0.39, 0.29) is 17.7 Å². The van der Waals surface area contributed by atoms with Gasteiger partial charge in [0.25, 0.3) is 11.1 Å². The van der Waals surface area contributed by atoms with Gasteiger partial charge in [-0.3, -0.25) is 14.5 Å². The molecule has 1 heterocycles. The molecule has 2 aromatic rings. The molecule has 0 unspecified atom stereocenters. The normalized spacial score (nSPS) is 15.6. The Bertz CT molecular complexity index is 945. The van der Waals surface area contributed by atoms with E-state index in [9.17, 15) is 9.59 Å². The zero-order chi connectivity index (χ0) is 19.6. The maximum absolute atomic E-state index is 12.7. The summed E-state index contributed by atoms with van der Waals surface area (Å²) in [6, 6.07) is 10.2. The van der Waals surface area contributed by atoms with Crippen LogP contribution in [0.4, 0.5) is 4.79 Å². The molecule has 0 aromatic heterocycles. The van der Waals surface area contributed by atoms with Crippen molar-refractivity contribution in [1.29, 1.82) is 0 Å². The van der Waals surface area contributed by atoms with Gasteiger partial charge in [0.2, 0.25) is 0 Å². The number of carbonyl (C=O) groups excluding carboxylic acids is 2. The molecule has 140 valence electrons. The SMILES string of the molecule is COc1ccc(OC)c(/C=C2\SC(=O)N(Cc3ccc(Cl)cc3Cl)C2=O)c1.